The second-order valence-corrected chi connectivity index (χ2v) is 9.29. The third kappa shape index (κ3) is 3.69. The second kappa shape index (κ2) is 8.10. The number of hydrogen-bond donors (Lipinski definition) is 0. The minimum atomic E-state index is -1.14. The van der Waals surface area contributed by atoms with Crippen LogP contribution in [0.1, 0.15) is 42.4 Å². The van der Waals surface area contributed by atoms with E-state index in [0.29, 0.717) is 6.54 Å². The van der Waals surface area contributed by atoms with E-state index in [1.54, 1.807) is 18.1 Å². The molecule has 1 aliphatic heterocycles. The van der Waals surface area contributed by atoms with Crippen molar-refractivity contribution in [1.82, 2.24) is 14.8 Å². The van der Waals surface area contributed by atoms with Gasteiger partial charge in [0.15, 0.2) is 0 Å². The van der Waals surface area contributed by atoms with Gasteiger partial charge >= 0.3 is 0 Å². The van der Waals surface area contributed by atoms with Gasteiger partial charge in [-0.25, -0.2) is 0 Å². The Morgan fingerprint density at radius 1 is 1.09 bits per heavy atom. The molecular weight excluding hydrogens is 414 g/mol. The average molecular weight is 442 g/mol. The quantitative estimate of drug-likeness (QED) is 0.546. The molecule has 0 bridgehead atoms. The van der Waals surface area contributed by atoms with Crippen LogP contribution in [0.5, 0.6) is 0 Å². The van der Waals surface area contributed by atoms with Crippen molar-refractivity contribution in [1.29, 1.82) is 0 Å². The molecule has 1 unspecified atom stereocenters. The monoisotopic (exact) mass is 441 g/mol. The molecule has 0 radical (unpaired) electrons. The van der Waals surface area contributed by atoms with Crippen molar-refractivity contribution in [2.75, 3.05) is 7.05 Å². The summed E-state index contributed by atoms with van der Waals surface area (Å²) >= 11 is 0. The predicted molar refractivity (Wildman–Crippen MR) is 125 cm³/mol. The van der Waals surface area contributed by atoms with Gasteiger partial charge in [-0.3, -0.25) is 24.3 Å². The number of hydrogen-bond acceptors (Lipinski definition) is 4. The van der Waals surface area contributed by atoms with Gasteiger partial charge in [0.2, 0.25) is 17.7 Å². The number of carbonyl (C=O) groups excluding carboxylic acids is 3. The van der Waals surface area contributed by atoms with Crippen molar-refractivity contribution in [3.8, 4) is 0 Å². The Labute approximate surface area is 193 Å². The van der Waals surface area contributed by atoms with E-state index in [9.17, 15) is 14.4 Å². The van der Waals surface area contributed by atoms with Crippen LogP contribution in [0.4, 0.5) is 0 Å². The minimum Gasteiger partial charge on any atom is -0.341 e. The summed E-state index contributed by atoms with van der Waals surface area (Å²) in [7, 11) is 1.75. The normalized spacial score (nSPS) is 20.5. The molecule has 5 rings (SSSR count). The largest absolute Gasteiger partial charge is 0.341 e. The third-order valence-electron chi connectivity index (χ3n) is 6.94. The highest BCUT2D eigenvalue weighted by molar-refractivity contribution is 6.11. The molecule has 168 valence electrons. The van der Waals surface area contributed by atoms with Crippen molar-refractivity contribution < 1.29 is 14.4 Å². The zero-order valence-electron chi connectivity index (χ0n) is 19.0. The summed E-state index contributed by atoms with van der Waals surface area (Å²) in [6.07, 6.45) is 3.48. The maximum absolute atomic E-state index is 13.7. The number of imide groups is 1. The first kappa shape index (κ1) is 21.3. The molecule has 2 aliphatic rings. The number of aromatic nitrogens is 1. The molecule has 1 saturated carbocycles. The van der Waals surface area contributed by atoms with Crippen molar-refractivity contribution in [2.45, 2.75) is 50.6 Å². The van der Waals surface area contributed by atoms with E-state index < -0.39 is 5.41 Å². The maximum Gasteiger partial charge on any atom is 0.241 e. The van der Waals surface area contributed by atoms with Crippen LogP contribution in [0.25, 0.3) is 10.9 Å². The van der Waals surface area contributed by atoms with Gasteiger partial charge in [-0.2, -0.15) is 0 Å². The summed E-state index contributed by atoms with van der Waals surface area (Å²) in [5.74, 6) is -0.542. The molecule has 6 heteroatoms. The molecule has 1 aliphatic carbocycles. The molecular formula is C27H27N3O3. The Hall–Kier alpha value is -3.54. The van der Waals surface area contributed by atoms with Crippen LogP contribution < -0.4 is 0 Å². The fourth-order valence-corrected chi connectivity index (χ4v) is 5.06. The zero-order chi connectivity index (χ0) is 23.2. The highest BCUT2D eigenvalue weighted by Gasteiger charge is 2.57. The van der Waals surface area contributed by atoms with Crippen LogP contribution in [0.2, 0.25) is 0 Å². The first-order valence-electron chi connectivity index (χ1n) is 11.4. The van der Waals surface area contributed by atoms with Crippen molar-refractivity contribution >= 4 is 28.6 Å². The molecule has 1 saturated heterocycles. The number of rotatable bonds is 6. The third-order valence-corrected chi connectivity index (χ3v) is 6.94. The fraction of sp³-hybridized carbons (Fsp3) is 0.333. The number of fused-ring (bicyclic) bond motifs is 1. The summed E-state index contributed by atoms with van der Waals surface area (Å²) in [4.78, 5) is 47.6. The second-order valence-electron chi connectivity index (χ2n) is 9.29. The summed E-state index contributed by atoms with van der Waals surface area (Å²) in [6.45, 7) is 2.34. The van der Waals surface area contributed by atoms with Gasteiger partial charge in [0.1, 0.15) is 0 Å². The summed E-state index contributed by atoms with van der Waals surface area (Å²) in [6, 6.07) is 17.4. The lowest BCUT2D eigenvalue weighted by atomic mass is 9.74. The van der Waals surface area contributed by atoms with Gasteiger partial charge in [0, 0.05) is 44.1 Å². The number of likely N-dealkylation sites (tertiary alicyclic amines) is 1. The van der Waals surface area contributed by atoms with E-state index >= 15 is 0 Å². The number of amides is 3. The molecule has 0 spiro atoms. The van der Waals surface area contributed by atoms with E-state index in [1.807, 2.05) is 61.5 Å². The van der Waals surface area contributed by atoms with Crippen molar-refractivity contribution in [3.63, 3.8) is 0 Å². The number of benzene rings is 2. The number of carbonyl (C=O) groups is 3. The summed E-state index contributed by atoms with van der Waals surface area (Å²) in [5, 5.41) is 1.00. The Morgan fingerprint density at radius 2 is 1.88 bits per heavy atom. The SMILES string of the molecule is Cc1ccccc1C1(CC(=O)N(C)Cc2cccc3ncccc23)CC(=O)N(C2CC2)C1=O. The molecule has 3 amide bonds. The van der Waals surface area contributed by atoms with Gasteiger partial charge in [-0.1, -0.05) is 42.5 Å². The van der Waals surface area contributed by atoms with Crippen molar-refractivity contribution in [2.24, 2.45) is 0 Å². The minimum absolute atomic E-state index is 0.00749. The lowest BCUT2D eigenvalue weighted by Crippen LogP contribution is -2.43. The lowest BCUT2D eigenvalue weighted by Gasteiger charge is -2.30. The van der Waals surface area contributed by atoms with Gasteiger partial charge < -0.3 is 4.90 Å². The van der Waals surface area contributed by atoms with Crippen LogP contribution >= 0.6 is 0 Å². The molecule has 0 N–H and O–H groups in total. The van der Waals surface area contributed by atoms with Crippen molar-refractivity contribution in [3.05, 3.63) is 77.5 Å². The van der Waals surface area contributed by atoms with Crippen LogP contribution in [0.3, 0.4) is 0 Å². The predicted octanol–water partition coefficient (Wildman–Crippen LogP) is 3.75. The molecule has 1 aromatic heterocycles. The van der Waals surface area contributed by atoms with E-state index in [-0.39, 0.29) is 36.6 Å². The van der Waals surface area contributed by atoms with Crippen LogP contribution in [-0.4, -0.2) is 45.6 Å². The highest BCUT2D eigenvalue weighted by atomic mass is 16.2. The molecule has 2 aromatic carbocycles. The first-order chi connectivity index (χ1) is 15.9. The average Bonchev–Trinajstić information content (AvgIpc) is 3.60. The van der Waals surface area contributed by atoms with Gasteiger partial charge in [-0.05, 0) is 48.6 Å². The number of nitrogens with zero attached hydrogens (tertiary/aromatic N) is 3. The number of aryl methyl sites for hydroxylation is 1. The molecule has 2 fully saturated rings. The van der Waals surface area contributed by atoms with E-state index in [4.69, 9.17) is 0 Å². The van der Waals surface area contributed by atoms with Crippen LogP contribution in [0.15, 0.2) is 60.8 Å². The smallest absolute Gasteiger partial charge is 0.241 e. The molecule has 33 heavy (non-hydrogen) atoms. The summed E-state index contributed by atoms with van der Waals surface area (Å²) in [5.41, 5.74) is 2.43. The molecule has 6 nitrogen and oxygen atoms in total. The van der Waals surface area contributed by atoms with Gasteiger partial charge in [0.05, 0.1) is 10.9 Å². The Morgan fingerprint density at radius 3 is 2.64 bits per heavy atom. The number of pyridine rings is 1. The highest BCUT2D eigenvalue weighted by Crippen LogP contribution is 2.45. The van der Waals surface area contributed by atoms with E-state index in [0.717, 1.165) is 40.4 Å². The Kier molecular flexibility index (Phi) is 5.23. The molecule has 2 heterocycles. The van der Waals surface area contributed by atoms with Gasteiger partial charge in [-0.15, -0.1) is 0 Å². The fourth-order valence-electron chi connectivity index (χ4n) is 5.06. The maximum atomic E-state index is 13.7. The Balaban J connectivity index is 1.46. The van der Waals surface area contributed by atoms with Crippen LogP contribution in [-0.2, 0) is 26.3 Å². The standard InChI is InChI=1S/C27H27N3O3/c1-18-7-3-4-10-22(18)27(16-25(32)30(26(27)33)20-12-13-20)15-24(31)29(2)17-19-8-5-11-23-21(19)9-6-14-28-23/h3-11,14,20H,12-13,15-17H2,1-2H3. The van der Waals surface area contributed by atoms with Crippen LogP contribution in [0, 0.1) is 6.92 Å². The molecule has 1 atom stereocenters. The summed E-state index contributed by atoms with van der Waals surface area (Å²) < 4.78 is 0. The lowest BCUT2D eigenvalue weighted by molar-refractivity contribution is -0.143. The van der Waals surface area contributed by atoms with E-state index in [1.165, 1.54) is 4.90 Å². The van der Waals surface area contributed by atoms with E-state index in [2.05, 4.69) is 4.98 Å². The Bertz CT molecular complexity index is 1260. The topological polar surface area (TPSA) is 70.6 Å². The first-order valence-corrected chi connectivity index (χ1v) is 11.4. The zero-order valence-corrected chi connectivity index (χ0v) is 19.0. The van der Waals surface area contributed by atoms with Gasteiger partial charge in [0.25, 0.3) is 0 Å². The molecule has 3 aromatic rings.